The molecule has 0 spiro atoms. The van der Waals surface area contributed by atoms with Crippen molar-refractivity contribution < 1.29 is 15.0 Å². The maximum atomic E-state index is 10.4. The SMILES string of the molecule is Cc1nn(CC(=O)O)c(C)c1CO. The topological polar surface area (TPSA) is 75.4 Å². The summed E-state index contributed by atoms with van der Waals surface area (Å²) in [5.74, 6) is -0.935. The first kappa shape index (κ1) is 9.73. The van der Waals surface area contributed by atoms with E-state index < -0.39 is 5.97 Å². The molecule has 13 heavy (non-hydrogen) atoms. The normalized spacial score (nSPS) is 10.4. The molecule has 5 nitrogen and oxygen atoms in total. The molecule has 2 N–H and O–H groups in total. The zero-order chi connectivity index (χ0) is 10.0. The Balaban J connectivity index is 3.03. The number of rotatable bonds is 3. The highest BCUT2D eigenvalue weighted by Crippen LogP contribution is 2.12. The van der Waals surface area contributed by atoms with E-state index in [-0.39, 0.29) is 13.2 Å². The average molecular weight is 184 g/mol. The fraction of sp³-hybridized carbons (Fsp3) is 0.500. The maximum absolute atomic E-state index is 10.4. The lowest BCUT2D eigenvalue weighted by atomic mass is 10.2. The number of hydrogen-bond acceptors (Lipinski definition) is 3. The van der Waals surface area contributed by atoms with Crippen molar-refractivity contribution in [3.63, 3.8) is 0 Å². The quantitative estimate of drug-likeness (QED) is 0.697. The summed E-state index contributed by atoms with van der Waals surface area (Å²) in [5, 5.41) is 21.5. The van der Waals surface area contributed by atoms with E-state index in [0.717, 1.165) is 0 Å². The number of nitrogens with zero attached hydrogens (tertiary/aromatic N) is 2. The largest absolute Gasteiger partial charge is 0.480 e. The summed E-state index contributed by atoms with van der Waals surface area (Å²) in [6.45, 7) is 3.23. The third-order valence-corrected chi connectivity index (χ3v) is 1.97. The van der Waals surface area contributed by atoms with Crippen LogP contribution in [0.15, 0.2) is 0 Å². The molecule has 1 heterocycles. The third-order valence-electron chi connectivity index (χ3n) is 1.97. The van der Waals surface area contributed by atoms with E-state index in [0.29, 0.717) is 17.0 Å². The Kier molecular flexibility index (Phi) is 2.67. The molecule has 0 unspecified atom stereocenters. The van der Waals surface area contributed by atoms with Crippen LogP contribution in [-0.4, -0.2) is 26.0 Å². The predicted molar refractivity (Wildman–Crippen MR) is 45.3 cm³/mol. The standard InChI is InChI=1S/C8H12N2O3/c1-5-7(4-11)6(2)10(9-5)3-8(12)13/h11H,3-4H2,1-2H3,(H,12,13). The lowest BCUT2D eigenvalue weighted by molar-refractivity contribution is -0.137. The van der Waals surface area contributed by atoms with Crippen LogP contribution in [-0.2, 0) is 17.9 Å². The number of aliphatic hydroxyl groups excluding tert-OH is 1. The first-order chi connectivity index (χ1) is 6.06. The number of hydrogen-bond donors (Lipinski definition) is 2. The Bertz CT molecular complexity index is 330. The first-order valence-corrected chi connectivity index (χ1v) is 3.91. The summed E-state index contributed by atoms with van der Waals surface area (Å²) in [7, 11) is 0. The molecule has 0 aliphatic rings. The Hall–Kier alpha value is -1.36. The number of carboxylic acid groups (broad SMARTS) is 1. The van der Waals surface area contributed by atoms with Gasteiger partial charge in [0.2, 0.25) is 0 Å². The van der Waals surface area contributed by atoms with E-state index in [2.05, 4.69) is 5.10 Å². The van der Waals surface area contributed by atoms with Gasteiger partial charge in [-0.3, -0.25) is 9.48 Å². The first-order valence-electron chi connectivity index (χ1n) is 3.91. The summed E-state index contributed by atoms with van der Waals surface area (Å²) >= 11 is 0. The summed E-state index contributed by atoms with van der Waals surface area (Å²) in [6, 6.07) is 0. The van der Waals surface area contributed by atoms with Crippen LogP contribution in [0, 0.1) is 13.8 Å². The minimum absolute atomic E-state index is 0.0999. The summed E-state index contributed by atoms with van der Waals surface area (Å²) < 4.78 is 1.38. The molecule has 72 valence electrons. The van der Waals surface area contributed by atoms with Crippen molar-refractivity contribution >= 4 is 5.97 Å². The van der Waals surface area contributed by atoms with Gasteiger partial charge in [-0.1, -0.05) is 0 Å². The molecule has 0 saturated heterocycles. The van der Waals surface area contributed by atoms with Gasteiger partial charge in [0.1, 0.15) is 6.54 Å². The maximum Gasteiger partial charge on any atom is 0.325 e. The zero-order valence-corrected chi connectivity index (χ0v) is 7.61. The zero-order valence-electron chi connectivity index (χ0n) is 7.61. The monoisotopic (exact) mass is 184 g/mol. The molecule has 0 fully saturated rings. The van der Waals surface area contributed by atoms with Gasteiger partial charge >= 0.3 is 5.97 Å². The van der Waals surface area contributed by atoms with E-state index in [1.54, 1.807) is 13.8 Å². The number of aliphatic hydroxyl groups is 1. The molecule has 0 amide bonds. The molecule has 0 atom stereocenters. The second-order valence-corrected chi connectivity index (χ2v) is 2.86. The molecule has 1 aromatic rings. The molecular weight excluding hydrogens is 172 g/mol. The van der Waals surface area contributed by atoms with Crippen molar-refractivity contribution in [3.05, 3.63) is 17.0 Å². The molecule has 0 saturated carbocycles. The number of carboxylic acids is 1. The van der Waals surface area contributed by atoms with Crippen molar-refractivity contribution in [3.8, 4) is 0 Å². The molecule has 0 bridgehead atoms. The molecule has 1 aromatic heterocycles. The molecule has 1 rings (SSSR count). The van der Waals surface area contributed by atoms with Gasteiger partial charge in [-0.2, -0.15) is 5.10 Å². The Labute approximate surface area is 75.6 Å². The fourth-order valence-corrected chi connectivity index (χ4v) is 1.24. The van der Waals surface area contributed by atoms with Crippen molar-refractivity contribution in [1.29, 1.82) is 0 Å². The van der Waals surface area contributed by atoms with E-state index in [1.807, 2.05) is 0 Å². The Morgan fingerprint density at radius 2 is 2.15 bits per heavy atom. The molecule has 5 heteroatoms. The van der Waals surface area contributed by atoms with Gasteiger partial charge in [-0.15, -0.1) is 0 Å². The smallest absolute Gasteiger partial charge is 0.325 e. The van der Waals surface area contributed by atoms with Gasteiger partial charge in [0.05, 0.1) is 12.3 Å². The molecule has 0 radical (unpaired) electrons. The third kappa shape index (κ3) is 1.86. The second kappa shape index (κ2) is 3.57. The average Bonchev–Trinajstić information content (AvgIpc) is 2.26. The van der Waals surface area contributed by atoms with Gasteiger partial charge in [-0.25, -0.2) is 0 Å². The lowest BCUT2D eigenvalue weighted by Gasteiger charge is -1.99. The Morgan fingerprint density at radius 3 is 2.54 bits per heavy atom. The van der Waals surface area contributed by atoms with Gasteiger partial charge in [0, 0.05) is 11.3 Å². The number of aryl methyl sites for hydroxylation is 1. The number of carbonyl (C=O) groups is 1. The van der Waals surface area contributed by atoms with Crippen LogP contribution in [0.4, 0.5) is 0 Å². The Morgan fingerprint density at radius 1 is 1.54 bits per heavy atom. The summed E-state index contributed by atoms with van der Waals surface area (Å²) in [4.78, 5) is 10.4. The fourth-order valence-electron chi connectivity index (χ4n) is 1.24. The van der Waals surface area contributed by atoms with Gasteiger partial charge < -0.3 is 10.2 Å². The second-order valence-electron chi connectivity index (χ2n) is 2.86. The van der Waals surface area contributed by atoms with Crippen molar-refractivity contribution in [2.75, 3.05) is 0 Å². The van der Waals surface area contributed by atoms with E-state index in [4.69, 9.17) is 10.2 Å². The van der Waals surface area contributed by atoms with Crippen molar-refractivity contribution in [1.82, 2.24) is 9.78 Å². The van der Waals surface area contributed by atoms with Crippen molar-refractivity contribution in [2.24, 2.45) is 0 Å². The van der Waals surface area contributed by atoms with E-state index in [9.17, 15) is 4.79 Å². The summed E-state index contributed by atoms with van der Waals surface area (Å²) in [5.41, 5.74) is 2.10. The van der Waals surface area contributed by atoms with Gasteiger partial charge in [0.25, 0.3) is 0 Å². The summed E-state index contributed by atoms with van der Waals surface area (Å²) in [6.07, 6.45) is 0. The number of aromatic nitrogens is 2. The molecule has 0 aromatic carbocycles. The van der Waals surface area contributed by atoms with Crippen molar-refractivity contribution in [2.45, 2.75) is 27.0 Å². The van der Waals surface area contributed by atoms with Crippen LogP contribution in [0.5, 0.6) is 0 Å². The van der Waals surface area contributed by atoms with E-state index >= 15 is 0 Å². The van der Waals surface area contributed by atoms with Gasteiger partial charge in [-0.05, 0) is 13.8 Å². The van der Waals surface area contributed by atoms with E-state index in [1.165, 1.54) is 4.68 Å². The highest BCUT2D eigenvalue weighted by Gasteiger charge is 2.11. The highest BCUT2D eigenvalue weighted by atomic mass is 16.4. The lowest BCUT2D eigenvalue weighted by Crippen LogP contribution is -2.11. The van der Waals surface area contributed by atoms with Crippen LogP contribution in [0.2, 0.25) is 0 Å². The number of aliphatic carboxylic acids is 1. The van der Waals surface area contributed by atoms with Crippen LogP contribution in [0.25, 0.3) is 0 Å². The van der Waals surface area contributed by atoms with Crippen LogP contribution in [0.1, 0.15) is 17.0 Å². The predicted octanol–water partition coefficient (Wildman–Crippen LogP) is 0.0768. The van der Waals surface area contributed by atoms with Crippen LogP contribution >= 0.6 is 0 Å². The molecule has 0 aliphatic heterocycles. The minimum atomic E-state index is -0.935. The van der Waals surface area contributed by atoms with Gasteiger partial charge in [0.15, 0.2) is 0 Å². The van der Waals surface area contributed by atoms with Crippen LogP contribution in [0.3, 0.4) is 0 Å². The van der Waals surface area contributed by atoms with Crippen LogP contribution < -0.4 is 0 Å². The molecule has 0 aliphatic carbocycles. The molecular formula is C8H12N2O3. The highest BCUT2D eigenvalue weighted by molar-refractivity contribution is 5.66. The minimum Gasteiger partial charge on any atom is -0.480 e.